The topological polar surface area (TPSA) is 35.5 Å². The zero-order valence-corrected chi connectivity index (χ0v) is 13.4. The van der Waals surface area contributed by atoms with Gasteiger partial charge in [-0.3, -0.25) is 0 Å². The number of likely N-dealkylation sites (N-methyl/N-ethyl adjacent to an activating group) is 1. The molecule has 0 amide bonds. The van der Waals surface area contributed by atoms with Crippen LogP contribution in [-0.4, -0.2) is 42.3 Å². The van der Waals surface area contributed by atoms with E-state index in [1.54, 1.807) is 0 Å². The molecule has 0 aromatic heterocycles. The highest BCUT2D eigenvalue weighted by molar-refractivity contribution is 5.58. The Morgan fingerprint density at radius 1 is 1.05 bits per heavy atom. The molecular formula is C17H30N2O. The molecule has 114 valence electrons. The van der Waals surface area contributed by atoms with Crippen molar-refractivity contribution in [2.75, 3.05) is 31.5 Å². The predicted octanol–water partition coefficient (Wildman–Crippen LogP) is 2.93. The Morgan fingerprint density at radius 3 is 2.05 bits per heavy atom. The Kier molecular flexibility index (Phi) is 7.63. The average molecular weight is 278 g/mol. The van der Waals surface area contributed by atoms with Gasteiger partial charge >= 0.3 is 0 Å². The van der Waals surface area contributed by atoms with E-state index in [0.717, 1.165) is 32.5 Å². The summed E-state index contributed by atoms with van der Waals surface area (Å²) in [6.07, 6.45) is 1.70. The summed E-state index contributed by atoms with van der Waals surface area (Å²) >= 11 is 0. The lowest BCUT2D eigenvalue weighted by molar-refractivity contribution is 0.128. The number of hydrogen-bond acceptors (Lipinski definition) is 3. The highest BCUT2D eigenvalue weighted by atomic mass is 16.3. The second-order valence-corrected chi connectivity index (χ2v) is 5.18. The third kappa shape index (κ3) is 4.80. The first-order valence-corrected chi connectivity index (χ1v) is 7.91. The van der Waals surface area contributed by atoms with Crippen molar-refractivity contribution < 1.29 is 5.11 Å². The number of aliphatic hydroxyl groups excluding tert-OH is 1. The normalized spacial score (nSPS) is 12.7. The number of benzene rings is 1. The van der Waals surface area contributed by atoms with Gasteiger partial charge in [0.25, 0.3) is 0 Å². The number of hydrogen-bond donors (Lipinski definition) is 2. The van der Waals surface area contributed by atoms with Crippen LogP contribution < -0.4 is 5.32 Å². The van der Waals surface area contributed by atoms with Crippen LogP contribution in [0.3, 0.4) is 0 Å². The molecule has 0 bridgehead atoms. The summed E-state index contributed by atoms with van der Waals surface area (Å²) in [5, 5.41) is 13.6. The zero-order valence-electron chi connectivity index (χ0n) is 13.4. The molecule has 1 aromatic rings. The van der Waals surface area contributed by atoms with Gasteiger partial charge in [0.2, 0.25) is 0 Å². The van der Waals surface area contributed by atoms with Crippen LogP contribution in [0.25, 0.3) is 0 Å². The van der Waals surface area contributed by atoms with Crippen molar-refractivity contribution in [3.63, 3.8) is 0 Å². The maximum absolute atomic E-state index is 10.2. The van der Waals surface area contributed by atoms with Gasteiger partial charge in [0, 0.05) is 18.8 Å². The summed E-state index contributed by atoms with van der Waals surface area (Å²) in [6.45, 7) is 11.9. The van der Waals surface area contributed by atoms with Gasteiger partial charge in [0.05, 0.1) is 6.10 Å². The van der Waals surface area contributed by atoms with Crippen molar-refractivity contribution in [1.29, 1.82) is 0 Å². The smallest absolute Gasteiger partial charge is 0.0839 e. The standard InChI is InChI=1S/C17H30N2O/c1-5-14-10-9-11-15(6-2)17(14)18-12-16(20)13-19(7-3)8-4/h9-11,16,18,20H,5-8,12-13H2,1-4H3. The fourth-order valence-corrected chi connectivity index (χ4v) is 2.53. The van der Waals surface area contributed by atoms with Crippen molar-refractivity contribution in [1.82, 2.24) is 4.90 Å². The molecule has 0 aliphatic heterocycles. The lowest BCUT2D eigenvalue weighted by atomic mass is 10.0. The molecule has 0 spiro atoms. The molecule has 0 heterocycles. The Hall–Kier alpha value is -1.06. The SMILES string of the molecule is CCc1cccc(CC)c1NCC(O)CN(CC)CC. The lowest BCUT2D eigenvalue weighted by Gasteiger charge is -2.23. The van der Waals surface area contributed by atoms with E-state index in [4.69, 9.17) is 0 Å². The largest absolute Gasteiger partial charge is 0.390 e. The lowest BCUT2D eigenvalue weighted by Crippen LogP contribution is -2.36. The van der Waals surface area contributed by atoms with E-state index in [9.17, 15) is 5.11 Å². The summed E-state index contributed by atoms with van der Waals surface area (Å²) in [5.41, 5.74) is 3.88. The molecule has 3 heteroatoms. The van der Waals surface area contributed by atoms with Crippen molar-refractivity contribution >= 4 is 5.69 Å². The minimum absolute atomic E-state index is 0.329. The summed E-state index contributed by atoms with van der Waals surface area (Å²) in [4.78, 5) is 2.25. The molecule has 1 atom stereocenters. The zero-order chi connectivity index (χ0) is 15.0. The molecule has 0 radical (unpaired) electrons. The summed E-state index contributed by atoms with van der Waals surface area (Å²) in [7, 11) is 0. The molecule has 1 aromatic carbocycles. The number of aryl methyl sites for hydroxylation is 2. The Balaban J connectivity index is 2.64. The van der Waals surface area contributed by atoms with Gasteiger partial charge in [-0.15, -0.1) is 0 Å². The first-order valence-electron chi connectivity index (χ1n) is 7.91. The molecule has 20 heavy (non-hydrogen) atoms. The molecule has 2 N–H and O–H groups in total. The third-order valence-electron chi connectivity index (χ3n) is 3.88. The number of anilines is 1. The number of nitrogens with zero attached hydrogens (tertiary/aromatic N) is 1. The van der Waals surface area contributed by atoms with Crippen molar-refractivity contribution in [3.8, 4) is 0 Å². The second-order valence-electron chi connectivity index (χ2n) is 5.18. The maximum atomic E-state index is 10.2. The van der Waals surface area contributed by atoms with Gasteiger partial charge in [-0.1, -0.05) is 45.9 Å². The first kappa shape index (κ1) is 17.0. The number of para-hydroxylation sites is 1. The van der Waals surface area contributed by atoms with Crippen LogP contribution in [0.5, 0.6) is 0 Å². The highest BCUT2D eigenvalue weighted by Crippen LogP contribution is 2.22. The second kappa shape index (κ2) is 8.98. The summed E-state index contributed by atoms with van der Waals surface area (Å²) in [6, 6.07) is 6.45. The predicted molar refractivity (Wildman–Crippen MR) is 87.5 cm³/mol. The van der Waals surface area contributed by atoms with Crippen LogP contribution in [0.15, 0.2) is 18.2 Å². The number of nitrogens with one attached hydrogen (secondary N) is 1. The molecule has 1 rings (SSSR count). The van der Waals surface area contributed by atoms with E-state index in [1.807, 2.05) is 0 Å². The van der Waals surface area contributed by atoms with E-state index in [-0.39, 0.29) is 6.10 Å². The number of aliphatic hydroxyl groups is 1. The van der Waals surface area contributed by atoms with E-state index < -0.39 is 0 Å². The van der Waals surface area contributed by atoms with Crippen molar-refractivity contribution in [3.05, 3.63) is 29.3 Å². The average Bonchev–Trinajstić information content (AvgIpc) is 2.49. The van der Waals surface area contributed by atoms with Crippen LogP contribution in [0.1, 0.15) is 38.8 Å². The van der Waals surface area contributed by atoms with Gasteiger partial charge in [0.1, 0.15) is 0 Å². The fraction of sp³-hybridized carbons (Fsp3) is 0.647. The Labute approximate surface area is 124 Å². The van der Waals surface area contributed by atoms with Crippen LogP contribution in [-0.2, 0) is 12.8 Å². The van der Waals surface area contributed by atoms with Gasteiger partial charge in [-0.2, -0.15) is 0 Å². The Morgan fingerprint density at radius 2 is 1.60 bits per heavy atom. The first-order chi connectivity index (χ1) is 9.65. The van der Waals surface area contributed by atoms with Crippen LogP contribution in [0.2, 0.25) is 0 Å². The fourth-order valence-electron chi connectivity index (χ4n) is 2.53. The van der Waals surface area contributed by atoms with Crippen molar-refractivity contribution in [2.24, 2.45) is 0 Å². The molecule has 0 saturated carbocycles. The minimum atomic E-state index is -0.329. The molecule has 0 fully saturated rings. The van der Waals surface area contributed by atoms with Crippen LogP contribution in [0, 0.1) is 0 Å². The Bertz CT molecular complexity index is 366. The van der Waals surface area contributed by atoms with Gasteiger partial charge in [-0.25, -0.2) is 0 Å². The number of rotatable bonds is 9. The molecular weight excluding hydrogens is 248 g/mol. The molecule has 0 aliphatic carbocycles. The van der Waals surface area contributed by atoms with E-state index in [2.05, 4.69) is 56.1 Å². The molecule has 1 unspecified atom stereocenters. The quantitative estimate of drug-likeness (QED) is 0.729. The molecule has 0 saturated heterocycles. The van der Waals surface area contributed by atoms with E-state index in [1.165, 1.54) is 16.8 Å². The monoisotopic (exact) mass is 278 g/mol. The van der Waals surface area contributed by atoms with Crippen molar-refractivity contribution in [2.45, 2.75) is 46.6 Å². The minimum Gasteiger partial charge on any atom is -0.390 e. The van der Waals surface area contributed by atoms with E-state index >= 15 is 0 Å². The van der Waals surface area contributed by atoms with E-state index in [0.29, 0.717) is 6.54 Å². The van der Waals surface area contributed by atoms with Crippen LogP contribution in [0.4, 0.5) is 5.69 Å². The summed E-state index contributed by atoms with van der Waals surface area (Å²) in [5.74, 6) is 0. The summed E-state index contributed by atoms with van der Waals surface area (Å²) < 4.78 is 0. The third-order valence-corrected chi connectivity index (χ3v) is 3.88. The highest BCUT2D eigenvalue weighted by Gasteiger charge is 2.11. The van der Waals surface area contributed by atoms with Gasteiger partial charge in [0.15, 0.2) is 0 Å². The van der Waals surface area contributed by atoms with Crippen LogP contribution >= 0.6 is 0 Å². The maximum Gasteiger partial charge on any atom is 0.0839 e. The molecule has 0 aliphatic rings. The van der Waals surface area contributed by atoms with Gasteiger partial charge < -0.3 is 15.3 Å². The molecule has 3 nitrogen and oxygen atoms in total. The van der Waals surface area contributed by atoms with Gasteiger partial charge in [-0.05, 0) is 37.1 Å².